The smallest absolute Gasteiger partial charge is 0.249 e. The number of benzene rings is 2. The molecule has 5 N–H and O–H groups in total. The average Bonchev–Trinajstić information content (AvgIpc) is 3.35. The summed E-state index contributed by atoms with van der Waals surface area (Å²) < 4.78 is 2.12. The summed E-state index contributed by atoms with van der Waals surface area (Å²) in [5.41, 5.74) is 17.9. The molecule has 0 unspecified atom stereocenters. The van der Waals surface area contributed by atoms with Crippen LogP contribution in [0.3, 0.4) is 0 Å². The number of aromatic nitrogens is 4. The Kier molecular flexibility index (Phi) is 4.29. The number of nitrogen functional groups attached to an aromatic ring is 1. The molecule has 5 rings (SSSR count). The molecule has 2 aromatic carbocycles. The molecule has 7 nitrogen and oxygen atoms in total. The van der Waals surface area contributed by atoms with Crippen molar-refractivity contribution in [3.8, 4) is 33.9 Å². The zero-order valence-electron chi connectivity index (χ0n) is 16.8. The van der Waals surface area contributed by atoms with Crippen molar-refractivity contribution >= 4 is 22.8 Å². The zero-order chi connectivity index (χ0) is 21.5. The van der Waals surface area contributed by atoms with Crippen molar-refractivity contribution < 1.29 is 4.79 Å². The number of carbonyl (C=O) groups excluding carboxylic acids is 1. The van der Waals surface area contributed by atoms with Gasteiger partial charge >= 0.3 is 0 Å². The number of para-hydroxylation sites is 1. The number of nitrogens with zero attached hydrogens (tertiary/aromatic N) is 3. The fourth-order valence-corrected chi connectivity index (χ4v) is 3.99. The number of nitrogens with two attached hydrogens (primary N) is 2. The van der Waals surface area contributed by atoms with E-state index in [1.54, 1.807) is 24.4 Å². The van der Waals surface area contributed by atoms with Gasteiger partial charge in [0.25, 0.3) is 0 Å². The molecule has 0 aliphatic carbocycles. The van der Waals surface area contributed by atoms with Crippen LogP contribution in [-0.4, -0.2) is 25.4 Å². The molecule has 5 aromatic rings. The third kappa shape index (κ3) is 3.12. The van der Waals surface area contributed by atoms with Crippen LogP contribution in [0.4, 0.5) is 5.95 Å². The Morgan fingerprint density at radius 2 is 1.77 bits per heavy atom. The lowest BCUT2D eigenvalue weighted by Crippen LogP contribution is -2.12. The van der Waals surface area contributed by atoms with Crippen molar-refractivity contribution in [1.29, 1.82) is 0 Å². The minimum Gasteiger partial charge on any atom is -0.368 e. The number of primary amides is 1. The Morgan fingerprint density at radius 3 is 2.55 bits per heavy atom. The Balaban J connectivity index is 1.81. The van der Waals surface area contributed by atoms with E-state index in [-0.39, 0.29) is 5.95 Å². The molecule has 0 saturated heterocycles. The summed E-state index contributed by atoms with van der Waals surface area (Å²) in [6.45, 7) is 0. The average molecular weight is 408 g/mol. The highest BCUT2D eigenvalue weighted by atomic mass is 16.1. The minimum absolute atomic E-state index is 0.192. The molecule has 0 radical (unpaired) electrons. The fraction of sp³-hybridized carbons (Fsp3) is 0.0417. The number of hydrogen-bond donors (Lipinski definition) is 3. The van der Waals surface area contributed by atoms with Gasteiger partial charge in [-0.25, -0.2) is 9.97 Å². The lowest BCUT2D eigenvalue weighted by molar-refractivity contribution is 0.100. The number of nitrogens with one attached hydrogen (secondary N) is 1. The normalized spacial score (nSPS) is 11.1. The number of aryl methyl sites for hydroxylation is 1. The van der Waals surface area contributed by atoms with Crippen LogP contribution in [0.2, 0.25) is 0 Å². The van der Waals surface area contributed by atoms with Crippen LogP contribution in [0.25, 0.3) is 44.8 Å². The third-order valence-corrected chi connectivity index (χ3v) is 5.46. The molecule has 0 spiro atoms. The molecule has 3 aromatic heterocycles. The summed E-state index contributed by atoms with van der Waals surface area (Å²) in [7, 11) is 2.02. The number of fused-ring (bicyclic) bond motifs is 1. The van der Waals surface area contributed by atoms with E-state index in [9.17, 15) is 4.79 Å². The van der Waals surface area contributed by atoms with Crippen molar-refractivity contribution in [3.63, 3.8) is 0 Å². The van der Waals surface area contributed by atoms with Gasteiger partial charge in [-0.15, -0.1) is 0 Å². The van der Waals surface area contributed by atoms with Crippen molar-refractivity contribution in [2.45, 2.75) is 0 Å². The fourth-order valence-electron chi connectivity index (χ4n) is 3.99. The van der Waals surface area contributed by atoms with Crippen molar-refractivity contribution in [2.75, 3.05) is 5.73 Å². The Morgan fingerprint density at radius 1 is 1.00 bits per heavy atom. The van der Waals surface area contributed by atoms with Crippen molar-refractivity contribution in [1.82, 2.24) is 19.5 Å². The minimum atomic E-state index is -0.479. The number of anilines is 1. The Hall–Kier alpha value is -4.39. The van der Waals surface area contributed by atoms with Crippen LogP contribution in [0.1, 0.15) is 10.4 Å². The lowest BCUT2D eigenvalue weighted by Gasteiger charge is -2.09. The van der Waals surface area contributed by atoms with Crippen LogP contribution in [-0.2, 0) is 7.05 Å². The van der Waals surface area contributed by atoms with E-state index < -0.39 is 5.91 Å². The predicted octanol–water partition coefficient (Wildman–Crippen LogP) is 3.98. The van der Waals surface area contributed by atoms with E-state index in [0.717, 1.165) is 39.1 Å². The van der Waals surface area contributed by atoms with Crippen LogP contribution in [0.15, 0.2) is 72.9 Å². The van der Waals surface area contributed by atoms with E-state index >= 15 is 0 Å². The summed E-state index contributed by atoms with van der Waals surface area (Å²) in [4.78, 5) is 24.0. The second-order valence-corrected chi connectivity index (χ2v) is 7.33. The van der Waals surface area contributed by atoms with Gasteiger partial charge in [-0.05, 0) is 35.9 Å². The maximum atomic E-state index is 12.1. The quantitative estimate of drug-likeness (QED) is 0.417. The summed E-state index contributed by atoms with van der Waals surface area (Å²) in [5.74, 6) is -0.287. The van der Waals surface area contributed by atoms with Gasteiger partial charge in [0.1, 0.15) is 0 Å². The van der Waals surface area contributed by atoms with Gasteiger partial charge < -0.3 is 21.0 Å². The number of hydrogen-bond acceptors (Lipinski definition) is 4. The molecular formula is C24H20N6O. The molecule has 31 heavy (non-hydrogen) atoms. The largest absolute Gasteiger partial charge is 0.368 e. The number of rotatable bonds is 4. The van der Waals surface area contributed by atoms with Crippen LogP contribution >= 0.6 is 0 Å². The van der Waals surface area contributed by atoms with Crippen LogP contribution in [0.5, 0.6) is 0 Å². The third-order valence-electron chi connectivity index (χ3n) is 5.46. The Labute approximate surface area is 178 Å². The predicted molar refractivity (Wildman–Crippen MR) is 122 cm³/mol. The molecule has 0 atom stereocenters. The molecule has 1 amide bonds. The first-order chi connectivity index (χ1) is 15.0. The topological polar surface area (TPSA) is 116 Å². The zero-order valence-corrected chi connectivity index (χ0v) is 16.8. The molecule has 152 valence electrons. The molecular weight excluding hydrogens is 388 g/mol. The summed E-state index contributed by atoms with van der Waals surface area (Å²) >= 11 is 0. The molecule has 3 heterocycles. The summed E-state index contributed by atoms with van der Waals surface area (Å²) in [6.07, 6.45) is 1.62. The first-order valence-corrected chi connectivity index (χ1v) is 9.79. The maximum Gasteiger partial charge on any atom is 0.249 e. The van der Waals surface area contributed by atoms with E-state index in [1.807, 2.05) is 37.4 Å². The van der Waals surface area contributed by atoms with E-state index in [1.165, 1.54) is 0 Å². The van der Waals surface area contributed by atoms with Gasteiger partial charge in [0.2, 0.25) is 11.9 Å². The maximum absolute atomic E-state index is 12.1. The number of H-pyrrole nitrogens is 1. The van der Waals surface area contributed by atoms with Gasteiger partial charge in [0.05, 0.1) is 22.8 Å². The molecule has 0 fully saturated rings. The summed E-state index contributed by atoms with van der Waals surface area (Å²) in [5, 5.41) is 1.12. The van der Waals surface area contributed by atoms with Gasteiger partial charge in [-0.3, -0.25) is 4.79 Å². The highest BCUT2D eigenvalue weighted by Crippen LogP contribution is 2.38. The van der Waals surface area contributed by atoms with Gasteiger partial charge in [-0.2, -0.15) is 0 Å². The van der Waals surface area contributed by atoms with Crippen molar-refractivity contribution in [2.24, 2.45) is 12.8 Å². The highest BCUT2D eigenvalue weighted by molar-refractivity contribution is 6.02. The first kappa shape index (κ1) is 18.6. The second kappa shape index (κ2) is 7.14. The SMILES string of the molecule is Cn1c(-c2[nH]c(-c3ccnc(N)n3)cc2-c2ccccc2C(N)=O)cc2ccccc21. The molecule has 7 heteroatoms. The van der Waals surface area contributed by atoms with E-state index in [2.05, 4.69) is 37.7 Å². The number of amides is 1. The van der Waals surface area contributed by atoms with Crippen LogP contribution < -0.4 is 11.5 Å². The monoisotopic (exact) mass is 408 g/mol. The number of carbonyl (C=O) groups is 1. The highest BCUT2D eigenvalue weighted by Gasteiger charge is 2.20. The molecule has 0 bridgehead atoms. The molecule has 0 aliphatic rings. The summed E-state index contributed by atoms with van der Waals surface area (Å²) in [6, 6.07) is 21.4. The van der Waals surface area contributed by atoms with Crippen molar-refractivity contribution in [3.05, 3.63) is 78.5 Å². The van der Waals surface area contributed by atoms with Gasteiger partial charge in [0.15, 0.2) is 0 Å². The lowest BCUT2D eigenvalue weighted by atomic mass is 9.98. The van der Waals surface area contributed by atoms with Gasteiger partial charge in [0, 0.05) is 35.3 Å². The standard InChI is InChI=1S/C24H20N6O/c1-30-20-9-5-2-6-14(20)12-21(30)22-17(15-7-3-4-8-16(15)23(25)31)13-19(28-22)18-10-11-27-24(26)29-18/h2-13,28H,1H3,(H2,25,31)(H2,26,27,29). The van der Waals surface area contributed by atoms with E-state index in [0.29, 0.717) is 11.3 Å². The Bertz CT molecular complexity index is 1450. The second-order valence-electron chi connectivity index (χ2n) is 7.33. The van der Waals surface area contributed by atoms with E-state index in [4.69, 9.17) is 11.5 Å². The van der Waals surface area contributed by atoms with Gasteiger partial charge in [-0.1, -0.05) is 36.4 Å². The molecule has 0 aliphatic heterocycles. The first-order valence-electron chi connectivity index (χ1n) is 9.79. The van der Waals surface area contributed by atoms with Crippen LogP contribution in [0, 0.1) is 0 Å². The number of aromatic amines is 1. The molecule has 0 saturated carbocycles.